The van der Waals surface area contributed by atoms with Gasteiger partial charge in [-0.3, -0.25) is 4.98 Å². The van der Waals surface area contributed by atoms with Crippen LogP contribution in [0.15, 0.2) is 42.6 Å². The van der Waals surface area contributed by atoms with Gasteiger partial charge in [-0.25, -0.2) is 4.98 Å². The summed E-state index contributed by atoms with van der Waals surface area (Å²) in [5.74, 6) is 0.900. The van der Waals surface area contributed by atoms with Crippen LogP contribution in [-0.4, -0.2) is 21.1 Å². The van der Waals surface area contributed by atoms with Crippen molar-refractivity contribution in [3.8, 4) is 11.5 Å². The fraction of sp³-hybridized carbons (Fsp3) is 0.250. The molecule has 0 aliphatic rings. The molecular formula is C16H18N4. The summed E-state index contributed by atoms with van der Waals surface area (Å²) < 4.78 is 2.09. The Hall–Kier alpha value is -2.20. The topological polar surface area (TPSA) is 56.7 Å². The highest BCUT2D eigenvalue weighted by Gasteiger charge is 2.10. The monoisotopic (exact) mass is 266 g/mol. The van der Waals surface area contributed by atoms with Gasteiger partial charge < -0.3 is 10.3 Å². The minimum Gasteiger partial charge on any atom is -0.330 e. The molecule has 3 rings (SSSR count). The van der Waals surface area contributed by atoms with E-state index < -0.39 is 0 Å². The first-order valence-corrected chi connectivity index (χ1v) is 6.86. The molecule has 4 nitrogen and oxygen atoms in total. The maximum Gasteiger partial charge on any atom is 0.159 e. The molecule has 2 heterocycles. The van der Waals surface area contributed by atoms with Gasteiger partial charge in [-0.2, -0.15) is 0 Å². The molecule has 2 N–H and O–H groups in total. The van der Waals surface area contributed by atoms with E-state index in [9.17, 15) is 0 Å². The zero-order valence-electron chi connectivity index (χ0n) is 11.6. The quantitative estimate of drug-likeness (QED) is 0.789. The summed E-state index contributed by atoms with van der Waals surface area (Å²) in [4.78, 5) is 9.10. The van der Waals surface area contributed by atoms with E-state index in [-0.39, 0.29) is 0 Å². The van der Waals surface area contributed by atoms with Crippen molar-refractivity contribution >= 4 is 11.0 Å². The van der Waals surface area contributed by atoms with E-state index in [0.717, 1.165) is 41.9 Å². The predicted molar refractivity (Wildman–Crippen MR) is 81.3 cm³/mol. The van der Waals surface area contributed by atoms with E-state index in [4.69, 9.17) is 10.7 Å². The van der Waals surface area contributed by atoms with Crippen molar-refractivity contribution in [1.29, 1.82) is 0 Å². The molecule has 0 aliphatic carbocycles. The molecule has 0 radical (unpaired) electrons. The average Bonchev–Trinajstić information content (AvgIpc) is 2.83. The van der Waals surface area contributed by atoms with Gasteiger partial charge in [-0.05, 0) is 49.2 Å². The molecule has 0 atom stereocenters. The Kier molecular flexibility index (Phi) is 3.48. The number of imidazole rings is 1. The second kappa shape index (κ2) is 5.43. The van der Waals surface area contributed by atoms with Crippen LogP contribution < -0.4 is 5.73 Å². The van der Waals surface area contributed by atoms with Crippen LogP contribution in [0.3, 0.4) is 0 Å². The van der Waals surface area contributed by atoms with Gasteiger partial charge >= 0.3 is 0 Å². The molecule has 2 aromatic heterocycles. The summed E-state index contributed by atoms with van der Waals surface area (Å²) in [6, 6.07) is 12.3. The highest BCUT2D eigenvalue weighted by molar-refractivity contribution is 5.80. The standard InChI is InChI=1S/C16H18N4/c1-20-15-8-7-12(5-4-9-17)11-14(15)19-16(20)13-6-2-3-10-18-13/h2-3,6-8,10-11H,4-5,9,17H2,1H3. The SMILES string of the molecule is Cn1c(-c2ccccn2)nc2cc(CCCN)ccc21. The van der Waals surface area contributed by atoms with Crippen molar-refractivity contribution in [1.82, 2.24) is 14.5 Å². The lowest BCUT2D eigenvalue weighted by Gasteiger charge is -2.02. The van der Waals surface area contributed by atoms with E-state index in [1.54, 1.807) is 6.20 Å². The molecule has 0 saturated carbocycles. The number of rotatable bonds is 4. The lowest BCUT2D eigenvalue weighted by atomic mass is 10.1. The predicted octanol–water partition coefficient (Wildman–Crippen LogP) is 2.53. The summed E-state index contributed by atoms with van der Waals surface area (Å²) in [6.45, 7) is 0.722. The average molecular weight is 266 g/mol. The lowest BCUT2D eigenvalue weighted by Crippen LogP contribution is -2.00. The Morgan fingerprint density at radius 2 is 2.10 bits per heavy atom. The first-order valence-electron chi connectivity index (χ1n) is 6.86. The Balaban J connectivity index is 2.05. The zero-order chi connectivity index (χ0) is 13.9. The fourth-order valence-electron chi connectivity index (χ4n) is 2.43. The third-order valence-corrected chi connectivity index (χ3v) is 3.51. The number of nitrogens with zero attached hydrogens (tertiary/aromatic N) is 3. The molecular weight excluding hydrogens is 248 g/mol. The molecule has 20 heavy (non-hydrogen) atoms. The summed E-state index contributed by atoms with van der Waals surface area (Å²) in [7, 11) is 2.03. The van der Waals surface area contributed by atoms with Crippen LogP contribution in [0.5, 0.6) is 0 Å². The number of fused-ring (bicyclic) bond motifs is 1. The number of aryl methyl sites for hydroxylation is 2. The van der Waals surface area contributed by atoms with E-state index in [0.29, 0.717) is 0 Å². The molecule has 0 spiro atoms. The van der Waals surface area contributed by atoms with Gasteiger partial charge in [0.2, 0.25) is 0 Å². The summed E-state index contributed by atoms with van der Waals surface area (Å²) in [5, 5.41) is 0. The zero-order valence-corrected chi connectivity index (χ0v) is 11.6. The summed E-state index contributed by atoms with van der Waals surface area (Å²) in [5.41, 5.74) is 9.89. The van der Waals surface area contributed by atoms with Crippen LogP contribution in [0.2, 0.25) is 0 Å². The first kappa shape index (κ1) is 12.8. The summed E-state index contributed by atoms with van der Waals surface area (Å²) in [6.07, 6.45) is 3.80. The molecule has 4 heteroatoms. The Labute approximate surface area is 118 Å². The third-order valence-electron chi connectivity index (χ3n) is 3.51. The molecule has 102 valence electrons. The van der Waals surface area contributed by atoms with Gasteiger partial charge in [0.05, 0.1) is 11.0 Å². The number of benzene rings is 1. The van der Waals surface area contributed by atoms with Gasteiger partial charge in [0.25, 0.3) is 0 Å². The maximum atomic E-state index is 5.57. The van der Waals surface area contributed by atoms with E-state index in [1.165, 1.54) is 5.56 Å². The van der Waals surface area contributed by atoms with E-state index >= 15 is 0 Å². The minimum absolute atomic E-state index is 0.722. The van der Waals surface area contributed by atoms with Crippen molar-refractivity contribution in [2.45, 2.75) is 12.8 Å². The second-order valence-corrected chi connectivity index (χ2v) is 4.92. The molecule has 0 unspecified atom stereocenters. The molecule has 0 amide bonds. The molecule has 0 fully saturated rings. The van der Waals surface area contributed by atoms with E-state index in [1.807, 2.05) is 25.2 Å². The molecule has 0 aliphatic heterocycles. The van der Waals surface area contributed by atoms with Crippen molar-refractivity contribution < 1.29 is 0 Å². The van der Waals surface area contributed by atoms with Crippen molar-refractivity contribution in [2.24, 2.45) is 12.8 Å². The lowest BCUT2D eigenvalue weighted by molar-refractivity contribution is 0.833. The maximum absolute atomic E-state index is 5.57. The smallest absolute Gasteiger partial charge is 0.159 e. The molecule has 0 bridgehead atoms. The number of pyridine rings is 1. The normalized spacial score (nSPS) is 11.1. The van der Waals surface area contributed by atoms with Gasteiger partial charge in [-0.15, -0.1) is 0 Å². The Morgan fingerprint density at radius 1 is 1.20 bits per heavy atom. The number of hydrogen-bond acceptors (Lipinski definition) is 3. The van der Waals surface area contributed by atoms with Crippen LogP contribution in [0, 0.1) is 0 Å². The number of aromatic nitrogens is 3. The Bertz CT molecular complexity index is 716. The third kappa shape index (κ3) is 2.30. The van der Waals surface area contributed by atoms with Crippen molar-refractivity contribution in [3.63, 3.8) is 0 Å². The van der Waals surface area contributed by atoms with Gasteiger partial charge in [0.1, 0.15) is 5.69 Å². The van der Waals surface area contributed by atoms with Crippen LogP contribution in [0.4, 0.5) is 0 Å². The van der Waals surface area contributed by atoms with Crippen molar-refractivity contribution in [3.05, 3.63) is 48.2 Å². The largest absolute Gasteiger partial charge is 0.330 e. The fourth-order valence-corrected chi connectivity index (χ4v) is 2.43. The first-order chi connectivity index (χ1) is 9.79. The highest BCUT2D eigenvalue weighted by Crippen LogP contribution is 2.23. The van der Waals surface area contributed by atoms with Gasteiger partial charge in [0.15, 0.2) is 5.82 Å². The second-order valence-electron chi connectivity index (χ2n) is 4.92. The van der Waals surface area contributed by atoms with Crippen molar-refractivity contribution in [2.75, 3.05) is 6.54 Å². The number of nitrogens with two attached hydrogens (primary N) is 1. The van der Waals surface area contributed by atoms with Crippen LogP contribution in [0.1, 0.15) is 12.0 Å². The molecule has 0 saturated heterocycles. The molecule has 3 aromatic rings. The molecule has 1 aromatic carbocycles. The summed E-state index contributed by atoms with van der Waals surface area (Å²) >= 11 is 0. The highest BCUT2D eigenvalue weighted by atomic mass is 15.1. The van der Waals surface area contributed by atoms with Crippen LogP contribution >= 0.6 is 0 Å². The minimum atomic E-state index is 0.722. The van der Waals surface area contributed by atoms with Crippen LogP contribution in [0.25, 0.3) is 22.6 Å². The van der Waals surface area contributed by atoms with Gasteiger partial charge in [-0.1, -0.05) is 12.1 Å². The van der Waals surface area contributed by atoms with Gasteiger partial charge in [0, 0.05) is 13.2 Å². The Morgan fingerprint density at radius 3 is 2.85 bits per heavy atom. The van der Waals surface area contributed by atoms with Crippen LogP contribution in [-0.2, 0) is 13.5 Å². The van der Waals surface area contributed by atoms with E-state index in [2.05, 4.69) is 27.8 Å². The number of hydrogen-bond donors (Lipinski definition) is 1.